The Morgan fingerprint density at radius 2 is 2.22 bits per heavy atom. The fraction of sp³-hybridized carbons (Fsp3) is 0.600. The van der Waals surface area contributed by atoms with Gasteiger partial charge >= 0.3 is 0 Å². The molecule has 0 spiro atoms. The first-order chi connectivity index (χ1) is 8.56. The van der Waals surface area contributed by atoms with E-state index in [0.29, 0.717) is 12.7 Å². The number of aryl methyl sites for hydroxylation is 1. The molecular formula is C15H23NO2. The van der Waals surface area contributed by atoms with Crippen LogP contribution in [0.4, 0.5) is 0 Å². The van der Waals surface area contributed by atoms with E-state index in [-0.39, 0.29) is 12.1 Å². The normalized spacial score (nSPS) is 25.1. The van der Waals surface area contributed by atoms with Crippen LogP contribution < -0.4 is 10.5 Å². The Morgan fingerprint density at radius 3 is 2.78 bits per heavy atom. The van der Waals surface area contributed by atoms with Crippen LogP contribution in [0.5, 0.6) is 5.75 Å². The highest BCUT2D eigenvalue weighted by Crippen LogP contribution is 2.24. The molecule has 3 nitrogen and oxygen atoms in total. The summed E-state index contributed by atoms with van der Waals surface area (Å²) in [7, 11) is 0. The molecule has 1 heterocycles. The molecule has 3 atom stereocenters. The number of benzene rings is 1. The summed E-state index contributed by atoms with van der Waals surface area (Å²) in [4.78, 5) is 0. The molecule has 1 aliphatic heterocycles. The number of nitrogens with two attached hydrogens (primary N) is 1. The molecule has 1 saturated heterocycles. The third-order valence-electron chi connectivity index (χ3n) is 3.47. The van der Waals surface area contributed by atoms with Crippen molar-refractivity contribution in [3.05, 3.63) is 29.3 Å². The molecule has 0 aromatic heterocycles. The van der Waals surface area contributed by atoms with Gasteiger partial charge in [0.05, 0.1) is 12.2 Å². The minimum Gasteiger partial charge on any atom is -0.491 e. The van der Waals surface area contributed by atoms with Crippen molar-refractivity contribution in [1.82, 2.24) is 0 Å². The molecule has 0 amide bonds. The first kappa shape index (κ1) is 13.4. The average Bonchev–Trinajstić information content (AvgIpc) is 2.73. The highest BCUT2D eigenvalue weighted by Gasteiger charge is 2.22. The summed E-state index contributed by atoms with van der Waals surface area (Å²) in [6.45, 7) is 6.80. The Hall–Kier alpha value is -1.06. The third kappa shape index (κ3) is 3.24. The number of hydrogen-bond acceptors (Lipinski definition) is 3. The van der Waals surface area contributed by atoms with Crippen molar-refractivity contribution in [2.75, 3.05) is 6.61 Å². The summed E-state index contributed by atoms with van der Waals surface area (Å²) in [5.74, 6) is 0.933. The van der Waals surface area contributed by atoms with Crippen LogP contribution in [-0.4, -0.2) is 18.8 Å². The van der Waals surface area contributed by atoms with E-state index in [2.05, 4.69) is 19.9 Å². The van der Waals surface area contributed by atoms with Crippen molar-refractivity contribution in [2.24, 2.45) is 5.73 Å². The SMILES string of the molecule is Cc1cc(C(C)N)ccc1OCC1CCC(C)O1. The molecule has 18 heavy (non-hydrogen) atoms. The molecule has 2 N–H and O–H groups in total. The van der Waals surface area contributed by atoms with Crippen molar-refractivity contribution >= 4 is 0 Å². The second-order valence-electron chi connectivity index (χ2n) is 5.27. The molecule has 100 valence electrons. The largest absolute Gasteiger partial charge is 0.491 e. The monoisotopic (exact) mass is 249 g/mol. The Labute approximate surface area is 109 Å². The zero-order valence-electron chi connectivity index (χ0n) is 11.5. The minimum atomic E-state index is 0.0664. The van der Waals surface area contributed by atoms with E-state index in [1.165, 1.54) is 0 Å². The van der Waals surface area contributed by atoms with Gasteiger partial charge in [-0.15, -0.1) is 0 Å². The van der Waals surface area contributed by atoms with Crippen LogP contribution in [0.25, 0.3) is 0 Å². The molecule has 1 fully saturated rings. The topological polar surface area (TPSA) is 44.5 Å². The van der Waals surface area contributed by atoms with Crippen LogP contribution in [0, 0.1) is 6.92 Å². The van der Waals surface area contributed by atoms with E-state index in [1.807, 2.05) is 19.1 Å². The molecule has 2 rings (SSSR count). The lowest BCUT2D eigenvalue weighted by Crippen LogP contribution is -2.18. The Bertz CT molecular complexity index is 403. The minimum absolute atomic E-state index is 0.0664. The van der Waals surface area contributed by atoms with Gasteiger partial charge in [0.15, 0.2) is 0 Å². The predicted octanol–water partition coefficient (Wildman–Crippen LogP) is 2.96. The molecule has 3 heteroatoms. The summed E-state index contributed by atoms with van der Waals surface area (Å²) in [6, 6.07) is 6.20. The quantitative estimate of drug-likeness (QED) is 0.892. The molecule has 1 aliphatic rings. The maximum atomic E-state index is 5.86. The number of hydrogen-bond donors (Lipinski definition) is 1. The van der Waals surface area contributed by atoms with Gasteiger partial charge in [-0.25, -0.2) is 0 Å². The van der Waals surface area contributed by atoms with Crippen molar-refractivity contribution < 1.29 is 9.47 Å². The van der Waals surface area contributed by atoms with Crippen LogP contribution in [-0.2, 0) is 4.74 Å². The molecule has 3 unspecified atom stereocenters. The Kier molecular flexibility index (Phi) is 4.25. The van der Waals surface area contributed by atoms with E-state index >= 15 is 0 Å². The number of rotatable bonds is 4. The third-order valence-corrected chi connectivity index (χ3v) is 3.47. The van der Waals surface area contributed by atoms with Gasteiger partial charge in [-0.2, -0.15) is 0 Å². The molecule has 1 aromatic rings. The van der Waals surface area contributed by atoms with Crippen molar-refractivity contribution in [1.29, 1.82) is 0 Å². The predicted molar refractivity (Wildman–Crippen MR) is 72.8 cm³/mol. The molecular weight excluding hydrogens is 226 g/mol. The van der Waals surface area contributed by atoms with E-state index in [0.717, 1.165) is 29.7 Å². The molecule has 0 saturated carbocycles. The number of ether oxygens (including phenoxy) is 2. The van der Waals surface area contributed by atoms with Crippen molar-refractivity contribution in [3.8, 4) is 5.75 Å². The van der Waals surface area contributed by atoms with Crippen LogP contribution in [0.1, 0.15) is 43.9 Å². The maximum absolute atomic E-state index is 5.86. The summed E-state index contributed by atoms with van der Waals surface area (Å²) in [6.07, 6.45) is 2.85. The highest BCUT2D eigenvalue weighted by atomic mass is 16.5. The average molecular weight is 249 g/mol. The van der Waals surface area contributed by atoms with Gasteiger partial charge < -0.3 is 15.2 Å². The van der Waals surface area contributed by atoms with Crippen molar-refractivity contribution in [2.45, 2.75) is 51.9 Å². The first-order valence-corrected chi connectivity index (χ1v) is 6.70. The lowest BCUT2D eigenvalue weighted by atomic mass is 10.1. The standard InChI is InChI=1S/C15H23NO2/c1-10-8-13(12(3)16)5-7-15(10)17-9-14-6-4-11(2)18-14/h5,7-8,11-12,14H,4,6,9,16H2,1-3H3. The van der Waals surface area contributed by atoms with Gasteiger partial charge in [-0.05, 0) is 50.8 Å². The van der Waals surface area contributed by atoms with E-state index < -0.39 is 0 Å². The summed E-state index contributed by atoms with van der Waals surface area (Å²) in [5, 5.41) is 0. The van der Waals surface area contributed by atoms with Gasteiger partial charge in [0.2, 0.25) is 0 Å². The van der Waals surface area contributed by atoms with Gasteiger partial charge in [0, 0.05) is 6.04 Å². The Morgan fingerprint density at radius 1 is 1.44 bits per heavy atom. The Balaban J connectivity index is 1.93. The maximum Gasteiger partial charge on any atom is 0.122 e. The lowest BCUT2D eigenvalue weighted by Gasteiger charge is -2.15. The highest BCUT2D eigenvalue weighted by molar-refractivity contribution is 5.37. The second-order valence-corrected chi connectivity index (χ2v) is 5.27. The van der Waals surface area contributed by atoms with E-state index in [1.54, 1.807) is 0 Å². The first-order valence-electron chi connectivity index (χ1n) is 6.70. The van der Waals surface area contributed by atoms with Crippen LogP contribution >= 0.6 is 0 Å². The smallest absolute Gasteiger partial charge is 0.122 e. The van der Waals surface area contributed by atoms with Crippen LogP contribution in [0.15, 0.2) is 18.2 Å². The van der Waals surface area contributed by atoms with Gasteiger partial charge in [-0.1, -0.05) is 12.1 Å². The van der Waals surface area contributed by atoms with Crippen LogP contribution in [0.3, 0.4) is 0 Å². The zero-order valence-corrected chi connectivity index (χ0v) is 11.5. The second kappa shape index (κ2) is 5.72. The van der Waals surface area contributed by atoms with E-state index in [4.69, 9.17) is 15.2 Å². The van der Waals surface area contributed by atoms with Crippen molar-refractivity contribution in [3.63, 3.8) is 0 Å². The van der Waals surface area contributed by atoms with Crippen LogP contribution in [0.2, 0.25) is 0 Å². The van der Waals surface area contributed by atoms with Gasteiger partial charge in [0.25, 0.3) is 0 Å². The molecule has 0 aliphatic carbocycles. The molecule has 1 aromatic carbocycles. The van der Waals surface area contributed by atoms with E-state index in [9.17, 15) is 0 Å². The molecule has 0 radical (unpaired) electrons. The summed E-state index contributed by atoms with van der Waals surface area (Å²) < 4.78 is 11.6. The summed E-state index contributed by atoms with van der Waals surface area (Å²) in [5.41, 5.74) is 8.14. The van der Waals surface area contributed by atoms with Gasteiger partial charge in [-0.3, -0.25) is 0 Å². The summed E-state index contributed by atoms with van der Waals surface area (Å²) >= 11 is 0. The molecule has 0 bridgehead atoms. The fourth-order valence-corrected chi connectivity index (χ4v) is 2.31. The van der Waals surface area contributed by atoms with Gasteiger partial charge in [0.1, 0.15) is 12.4 Å². The lowest BCUT2D eigenvalue weighted by molar-refractivity contribution is 0.0263. The zero-order chi connectivity index (χ0) is 13.1. The fourth-order valence-electron chi connectivity index (χ4n) is 2.31.